The molecule has 0 aromatic heterocycles. The van der Waals surface area contributed by atoms with Gasteiger partial charge < -0.3 is 14.8 Å². The molecule has 106 valence electrons. The molecule has 4 heteroatoms. The number of ether oxygens (including phenoxy) is 2. The highest BCUT2D eigenvalue weighted by molar-refractivity contribution is 6.31. The van der Waals surface area contributed by atoms with Gasteiger partial charge in [0.15, 0.2) is 0 Å². The average Bonchev–Trinajstić information content (AvgIpc) is 2.93. The van der Waals surface area contributed by atoms with Gasteiger partial charge in [-0.05, 0) is 44.4 Å². The van der Waals surface area contributed by atoms with E-state index in [0.717, 1.165) is 48.9 Å². The van der Waals surface area contributed by atoms with Crippen molar-refractivity contribution in [2.45, 2.75) is 38.3 Å². The van der Waals surface area contributed by atoms with Gasteiger partial charge in [-0.25, -0.2) is 0 Å². The van der Waals surface area contributed by atoms with E-state index in [-0.39, 0.29) is 0 Å². The largest absolute Gasteiger partial charge is 0.496 e. The highest BCUT2D eigenvalue weighted by Gasteiger charge is 2.14. The molecule has 3 nitrogen and oxygen atoms in total. The zero-order chi connectivity index (χ0) is 13.5. The third-order valence-corrected chi connectivity index (χ3v) is 3.86. The molecule has 1 aromatic carbocycles. The van der Waals surface area contributed by atoms with Crippen LogP contribution in [0.5, 0.6) is 5.75 Å². The topological polar surface area (TPSA) is 30.5 Å². The van der Waals surface area contributed by atoms with Crippen LogP contribution in [0.1, 0.15) is 31.2 Å². The smallest absolute Gasteiger partial charge is 0.124 e. The Balaban J connectivity index is 1.70. The van der Waals surface area contributed by atoms with Gasteiger partial charge >= 0.3 is 0 Å². The maximum Gasteiger partial charge on any atom is 0.124 e. The lowest BCUT2D eigenvalue weighted by Gasteiger charge is -2.12. The molecule has 0 amide bonds. The molecule has 0 aliphatic carbocycles. The highest BCUT2D eigenvalue weighted by Crippen LogP contribution is 2.25. The summed E-state index contributed by atoms with van der Waals surface area (Å²) in [5.41, 5.74) is 1.03. The van der Waals surface area contributed by atoms with E-state index in [1.165, 1.54) is 12.8 Å². The third-order valence-electron chi connectivity index (χ3n) is 3.50. The molecule has 1 fully saturated rings. The van der Waals surface area contributed by atoms with Crippen LogP contribution in [0.3, 0.4) is 0 Å². The Hall–Kier alpha value is -0.770. The normalized spacial score (nSPS) is 18.7. The maximum atomic E-state index is 6.18. The van der Waals surface area contributed by atoms with Gasteiger partial charge in [0.25, 0.3) is 0 Å². The number of benzene rings is 1. The Labute approximate surface area is 120 Å². The van der Waals surface area contributed by atoms with Crippen LogP contribution in [0.4, 0.5) is 0 Å². The zero-order valence-corrected chi connectivity index (χ0v) is 12.2. The van der Waals surface area contributed by atoms with E-state index in [1.54, 1.807) is 7.11 Å². The first-order valence-electron chi connectivity index (χ1n) is 6.95. The molecule has 1 aliphatic heterocycles. The fraction of sp³-hybridized carbons (Fsp3) is 0.600. The summed E-state index contributed by atoms with van der Waals surface area (Å²) in [6.45, 7) is 2.66. The van der Waals surface area contributed by atoms with E-state index in [1.807, 2.05) is 18.2 Å². The first-order chi connectivity index (χ1) is 9.31. The van der Waals surface area contributed by atoms with E-state index in [4.69, 9.17) is 21.1 Å². The van der Waals surface area contributed by atoms with Crippen molar-refractivity contribution in [3.63, 3.8) is 0 Å². The van der Waals surface area contributed by atoms with Crippen LogP contribution in [0.15, 0.2) is 18.2 Å². The van der Waals surface area contributed by atoms with E-state index >= 15 is 0 Å². The molecule has 0 radical (unpaired) electrons. The number of hydrogen-bond acceptors (Lipinski definition) is 3. The number of methoxy groups -OCH3 is 1. The Bertz CT molecular complexity index is 392. The van der Waals surface area contributed by atoms with Gasteiger partial charge in [-0.15, -0.1) is 0 Å². The minimum atomic E-state index is 0.483. The number of nitrogens with one attached hydrogen (secondary N) is 1. The standard InChI is InChI=1S/C15H22ClNO2/c1-18-15-8-2-7-14(16)13(15)11-17-9-3-5-12-6-4-10-19-12/h2,7-8,12,17H,3-6,9-11H2,1H3. The predicted molar refractivity (Wildman–Crippen MR) is 77.9 cm³/mol. The Morgan fingerprint density at radius 1 is 1.47 bits per heavy atom. The van der Waals surface area contributed by atoms with Gasteiger partial charge in [0, 0.05) is 23.7 Å². The summed E-state index contributed by atoms with van der Waals surface area (Å²) in [5.74, 6) is 0.846. The second-order valence-corrected chi connectivity index (χ2v) is 5.28. The van der Waals surface area contributed by atoms with Crippen LogP contribution < -0.4 is 10.1 Å². The molecule has 1 saturated heterocycles. The second kappa shape index (κ2) is 7.73. The van der Waals surface area contributed by atoms with Gasteiger partial charge in [-0.1, -0.05) is 17.7 Å². The van der Waals surface area contributed by atoms with Crippen molar-refractivity contribution in [3.05, 3.63) is 28.8 Å². The number of rotatable bonds is 7. The summed E-state index contributed by atoms with van der Waals surface area (Å²) in [6, 6.07) is 5.74. The van der Waals surface area contributed by atoms with Crippen molar-refractivity contribution >= 4 is 11.6 Å². The van der Waals surface area contributed by atoms with Gasteiger partial charge in [0.1, 0.15) is 5.75 Å². The summed E-state index contributed by atoms with van der Waals surface area (Å²) in [7, 11) is 1.67. The lowest BCUT2D eigenvalue weighted by atomic mass is 10.1. The van der Waals surface area contributed by atoms with Crippen molar-refractivity contribution in [2.75, 3.05) is 20.3 Å². The summed E-state index contributed by atoms with van der Waals surface area (Å²) in [4.78, 5) is 0. The molecule has 1 unspecified atom stereocenters. The van der Waals surface area contributed by atoms with Crippen molar-refractivity contribution in [2.24, 2.45) is 0 Å². The van der Waals surface area contributed by atoms with Crippen LogP contribution in [0.2, 0.25) is 5.02 Å². The minimum Gasteiger partial charge on any atom is -0.496 e. The second-order valence-electron chi connectivity index (χ2n) is 4.87. The lowest BCUT2D eigenvalue weighted by Crippen LogP contribution is -2.17. The van der Waals surface area contributed by atoms with E-state index in [9.17, 15) is 0 Å². The number of hydrogen-bond donors (Lipinski definition) is 1. The van der Waals surface area contributed by atoms with Gasteiger partial charge in [-0.2, -0.15) is 0 Å². The molecule has 1 N–H and O–H groups in total. The molecule has 19 heavy (non-hydrogen) atoms. The van der Waals surface area contributed by atoms with Crippen LogP contribution in [-0.4, -0.2) is 26.4 Å². The monoisotopic (exact) mass is 283 g/mol. The van der Waals surface area contributed by atoms with Gasteiger partial charge in [0.05, 0.1) is 13.2 Å². The zero-order valence-electron chi connectivity index (χ0n) is 11.5. The number of halogens is 1. The fourth-order valence-corrected chi connectivity index (χ4v) is 2.67. The highest BCUT2D eigenvalue weighted by atomic mass is 35.5. The molecule has 0 saturated carbocycles. The first kappa shape index (κ1) is 14.6. The van der Waals surface area contributed by atoms with Gasteiger partial charge in [0.2, 0.25) is 0 Å². The predicted octanol–water partition coefficient (Wildman–Crippen LogP) is 3.40. The first-order valence-corrected chi connectivity index (χ1v) is 7.32. The summed E-state index contributed by atoms with van der Waals surface area (Å²) in [5, 5.41) is 4.18. The molecule has 1 heterocycles. The summed E-state index contributed by atoms with van der Waals surface area (Å²) >= 11 is 6.18. The van der Waals surface area contributed by atoms with E-state index in [2.05, 4.69) is 5.32 Å². The average molecular weight is 284 g/mol. The quantitative estimate of drug-likeness (QED) is 0.778. The molecule has 1 aromatic rings. The Morgan fingerprint density at radius 2 is 2.37 bits per heavy atom. The van der Waals surface area contributed by atoms with Crippen molar-refractivity contribution in [3.8, 4) is 5.75 Å². The van der Waals surface area contributed by atoms with Crippen molar-refractivity contribution in [1.82, 2.24) is 5.32 Å². The van der Waals surface area contributed by atoms with Crippen LogP contribution in [-0.2, 0) is 11.3 Å². The molecule has 1 atom stereocenters. The summed E-state index contributed by atoms with van der Waals surface area (Å²) < 4.78 is 10.9. The summed E-state index contributed by atoms with van der Waals surface area (Å²) in [6.07, 6.45) is 5.20. The molecule has 2 rings (SSSR count). The molecular weight excluding hydrogens is 262 g/mol. The minimum absolute atomic E-state index is 0.483. The Kier molecular flexibility index (Phi) is 5.95. The molecule has 1 aliphatic rings. The van der Waals surface area contributed by atoms with Gasteiger partial charge in [-0.3, -0.25) is 0 Å². The van der Waals surface area contributed by atoms with Crippen molar-refractivity contribution < 1.29 is 9.47 Å². The molecular formula is C15H22ClNO2. The molecule has 0 bridgehead atoms. The van der Waals surface area contributed by atoms with Crippen LogP contribution >= 0.6 is 11.6 Å². The Morgan fingerprint density at radius 3 is 3.11 bits per heavy atom. The van der Waals surface area contributed by atoms with Crippen molar-refractivity contribution in [1.29, 1.82) is 0 Å². The van der Waals surface area contributed by atoms with Crippen LogP contribution in [0, 0.1) is 0 Å². The van der Waals surface area contributed by atoms with E-state index in [0.29, 0.717) is 6.10 Å². The van der Waals surface area contributed by atoms with E-state index < -0.39 is 0 Å². The third kappa shape index (κ3) is 4.37. The SMILES string of the molecule is COc1cccc(Cl)c1CNCCCC1CCCO1. The lowest BCUT2D eigenvalue weighted by molar-refractivity contribution is 0.102. The maximum absolute atomic E-state index is 6.18. The van der Waals surface area contributed by atoms with Crippen LogP contribution in [0.25, 0.3) is 0 Å². The fourth-order valence-electron chi connectivity index (χ4n) is 2.44. The molecule has 0 spiro atoms.